The highest BCUT2D eigenvalue weighted by atomic mass is 35.5. The molecule has 0 saturated carbocycles. The van der Waals surface area contributed by atoms with Crippen LogP contribution in [0.3, 0.4) is 0 Å². The lowest BCUT2D eigenvalue weighted by Gasteiger charge is -2.07. The molecule has 0 aliphatic carbocycles. The minimum absolute atomic E-state index is 0.268. The first-order valence-corrected chi connectivity index (χ1v) is 10.4. The zero-order valence-corrected chi connectivity index (χ0v) is 17.8. The number of hydrogen-bond acceptors (Lipinski definition) is 3. The van der Waals surface area contributed by atoms with Crippen molar-refractivity contribution in [1.82, 2.24) is 9.55 Å². The summed E-state index contributed by atoms with van der Waals surface area (Å²) in [6.07, 6.45) is 0. The van der Waals surface area contributed by atoms with Gasteiger partial charge in [0, 0.05) is 6.54 Å². The minimum Gasteiger partial charge on any atom is -0.324 e. The number of anilines is 1. The minimum atomic E-state index is -0.268. The zero-order valence-electron chi connectivity index (χ0n) is 14.7. The second-order valence-electron chi connectivity index (χ2n) is 6.03. The molecule has 2 heterocycles. The second-order valence-corrected chi connectivity index (χ2v) is 8.34. The van der Waals surface area contributed by atoms with E-state index in [1.165, 1.54) is 23.5 Å². The second kappa shape index (κ2) is 7.76. The van der Waals surface area contributed by atoms with E-state index in [2.05, 4.69) is 16.8 Å². The number of imidazole rings is 1. The Bertz CT molecular complexity index is 1200. The number of benzene rings is 2. The van der Waals surface area contributed by atoms with E-state index in [1.54, 1.807) is 6.07 Å². The highest BCUT2D eigenvalue weighted by molar-refractivity contribution is 7.17. The number of halogens is 3. The number of fused-ring (bicyclic) bond motifs is 1. The summed E-state index contributed by atoms with van der Waals surface area (Å²) in [6.45, 7) is 2.86. The number of aromatic nitrogens is 2. The number of hydrogen-bond donors (Lipinski definition) is 1. The summed E-state index contributed by atoms with van der Waals surface area (Å²) >= 11 is 19.5. The van der Waals surface area contributed by atoms with Gasteiger partial charge in [-0.1, -0.05) is 46.9 Å². The van der Waals surface area contributed by atoms with Crippen molar-refractivity contribution in [1.29, 1.82) is 0 Å². The largest absolute Gasteiger partial charge is 0.324 e. The van der Waals surface area contributed by atoms with Crippen molar-refractivity contribution in [3.05, 3.63) is 68.5 Å². The van der Waals surface area contributed by atoms with E-state index in [0.717, 1.165) is 28.3 Å². The molecule has 0 aliphatic rings. The van der Waals surface area contributed by atoms with Crippen LogP contribution in [-0.2, 0) is 6.54 Å². The summed E-state index contributed by atoms with van der Waals surface area (Å²) in [6, 6.07) is 14.7. The Morgan fingerprint density at radius 2 is 1.82 bits per heavy atom. The summed E-state index contributed by atoms with van der Waals surface area (Å²) < 4.78 is 2.14. The van der Waals surface area contributed by atoms with Crippen LogP contribution in [0.15, 0.2) is 48.5 Å². The predicted octanol–water partition coefficient (Wildman–Crippen LogP) is 7.00. The lowest BCUT2D eigenvalue weighted by molar-refractivity contribution is 0.103. The summed E-state index contributed by atoms with van der Waals surface area (Å²) in [5.74, 6) is 0.580. The first-order chi connectivity index (χ1) is 13.5. The van der Waals surface area contributed by atoms with Crippen molar-refractivity contribution in [3.63, 3.8) is 0 Å². The first kappa shape index (κ1) is 19.3. The van der Waals surface area contributed by atoms with Crippen LogP contribution in [0.2, 0.25) is 15.1 Å². The van der Waals surface area contributed by atoms with Crippen LogP contribution in [0.1, 0.15) is 16.6 Å². The van der Waals surface area contributed by atoms with Gasteiger partial charge >= 0.3 is 0 Å². The number of carbonyl (C=O) groups excluding carboxylic acids is 1. The average molecular weight is 451 g/mol. The van der Waals surface area contributed by atoms with E-state index >= 15 is 0 Å². The molecule has 142 valence electrons. The van der Waals surface area contributed by atoms with Gasteiger partial charge in [-0.3, -0.25) is 4.79 Å². The first-order valence-electron chi connectivity index (χ1n) is 8.49. The maximum Gasteiger partial charge on any atom is 0.265 e. The van der Waals surface area contributed by atoms with Crippen molar-refractivity contribution in [3.8, 4) is 10.7 Å². The number of thiophene rings is 1. The highest BCUT2D eigenvalue weighted by Crippen LogP contribution is 2.34. The molecular formula is C20H14Cl3N3OS. The van der Waals surface area contributed by atoms with E-state index in [0.29, 0.717) is 25.6 Å². The number of amides is 1. The van der Waals surface area contributed by atoms with Gasteiger partial charge < -0.3 is 9.88 Å². The number of rotatable bonds is 4. The summed E-state index contributed by atoms with van der Waals surface area (Å²) in [4.78, 5) is 18.9. The van der Waals surface area contributed by atoms with Crippen molar-refractivity contribution < 1.29 is 4.79 Å². The molecule has 1 amide bonds. The van der Waals surface area contributed by atoms with Gasteiger partial charge in [-0.15, -0.1) is 11.3 Å². The standard InChI is InChI=1S/C20H14Cl3N3OS/c1-2-26-16-6-4-3-5-14(16)24-19(26)17-7-8-18(28-17)20(27)25-15-10-12(22)11(21)9-13(15)23/h3-10H,2H2,1H3,(H,25,27). The fourth-order valence-corrected chi connectivity index (χ4v) is 4.46. The van der Waals surface area contributed by atoms with Gasteiger partial charge in [0.1, 0.15) is 0 Å². The van der Waals surface area contributed by atoms with Crippen molar-refractivity contribution in [2.24, 2.45) is 0 Å². The van der Waals surface area contributed by atoms with Crippen LogP contribution < -0.4 is 5.32 Å². The summed E-state index contributed by atoms with van der Waals surface area (Å²) in [7, 11) is 0. The van der Waals surface area contributed by atoms with Crippen LogP contribution in [0.5, 0.6) is 0 Å². The predicted molar refractivity (Wildman–Crippen MR) is 118 cm³/mol. The zero-order chi connectivity index (χ0) is 19.8. The molecule has 8 heteroatoms. The maximum absolute atomic E-state index is 12.7. The molecule has 4 aromatic rings. The molecule has 0 atom stereocenters. The molecule has 0 saturated heterocycles. The van der Waals surface area contributed by atoms with Crippen LogP contribution in [-0.4, -0.2) is 15.5 Å². The van der Waals surface area contributed by atoms with E-state index in [4.69, 9.17) is 39.8 Å². The average Bonchev–Trinajstić information content (AvgIpc) is 3.30. The van der Waals surface area contributed by atoms with Crippen molar-refractivity contribution in [2.75, 3.05) is 5.32 Å². The normalized spacial score (nSPS) is 11.1. The SMILES string of the molecule is CCn1c(-c2ccc(C(=O)Nc3cc(Cl)c(Cl)cc3Cl)s2)nc2ccccc21. The Kier molecular flexibility index (Phi) is 5.34. The Balaban J connectivity index is 1.65. The number of nitrogens with zero attached hydrogens (tertiary/aromatic N) is 2. The monoisotopic (exact) mass is 449 g/mol. The Hall–Kier alpha value is -2.05. The van der Waals surface area contributed by atoms with Crippen LogP contribution in [0.4, 0.5) is 5.69 Å². The Labute approximate surface area is 180 Å². The van der Waals surface area contributed by atoms with Crippen molar-refractivity contribution >= 4 is 68.8 Å². The van der Waals surface area contributed by atoms with E-state index in [1.807, 2.05) is 30.3 Å². The fraction of sp³-hybridized carbons (Fsp3) is 0.100. The molecule has 2 aromatic carbocycles. The molecule has 0 aliphatic heterocycles. The number of carbonyl (C=O) groups is 1. The lowest BCUT2D eigenvalue weighted by Crippen LogP contribution is -2.10. The quantitative estimate of drug-likeness (QED) is 0.340. The fourth-order valence-electron chi connectivity index (χ4n) is 2.97. The molecule has 4 rings (SSSR count). The van der Waals surface area contributed by atoms with Crippen LogP contribution in [0.25, 0.3) is 21.7 Å². The molecule has 0 spiro atoms. The molecule has 4 nitrogen and oxygen atoms in total. The van der Waals surface area contributed by atoms with Gasteiger partial charge in [0.15, 0.2) is 5.82 Å². The lowest BCUT2D eigenvalue weighted by atomic mass is 10.3. The maximum atomic E-state index is 12.7. The molecule has 2 aromatic heterocycles. The number of nitrogens with one attached hydrogen (secondary N) is 1. The molecule has 0 unspecified atom stereocenters. The van der Waals surface area contributed by atoms with Gasteiger partial charge in [0.2, 0.25) is 0 Å². The molecule has 0 fully saturated rings. The van der Waals surface area contributed by atoms with E-state index in [-0.39, 0.29) is 5.91 Å². The third-order valence-corrected chi connectivity index (χ3v) is 6.39. The molecule has 0 bridgehead atoms. The van der Waals surface area contributed by atoms with Crippen LogP contribution >= 0.6 is 46.1 Å². The van der Waals surface area contributed by atoms with E-state index in [9.17, 15) is 4.79 Å². The molecule has 1 N–H and O–H groups in total. The Morgan fingerprint density at radius 3 is 2.61 bits per heavy atom. The smallest absolute Gasteiger partial charge is 0.265 e. The topological polar surface area (TPSA) is 46.9 Å². The van der Waals surface area contributed by atoms with Gasteiger partial charge in [0.25, 0.3) is 5.91 Å². The number of aryl methyl sites for hydroxylation is 1. The van der Waals surface area contributed by atoms with Crippen molar-refractivity contribution in [2.45, 2.75) is 13.5 Å². The number of para-hydroxylation sites is 2. The third kappa shape index (κ3) is 3.51. The van der Waals surface area contributed by atoms with Crippen LogP contribution in [0, 0.1) is 0 Å². The molecule has 28 heavy (non-hydrogen) atoms. The third-order valence-electron chi connectivity index (χ3n) is 4.28. The molecular weight excluding hydrogens is 437 g/mol. The molecule has 0 radical (unpaired) electrons. The summed E-state index contributed by atoms with van der Waals surface area (Å²) in [5.41, 5.74) is 2.42. The van der Waals surface area contributed by atoms with Gasteiger partial charge in [-0.25, -0.2) is 4.98 Å². The highest BCUT2D eigenvalue weighted by Gasteiger charge is 2.17. The summed E-state index contributed by atoms with van der Waals surface area (Å²) in [5, 5.41) is 3.77. The Morgan fingerprint density at radius 1 is 1.07 bits per heavy atom. The van der Waals surface area contributed by atoms with Gasteiger partial charge in [-0.2, -0.15) is 0 Å². The van der Waals surface area contributed by atoms with Gasteiger partial charge in [0.05, 0.1) is 41.5 Å². The van der Waals surface area contributed by atoms with Gasteiger partial charge in [-0.05, 0) is 43.3 Å². The van der Waals surface area contributed by atoms with E-state index < -0.39 is 0 Å².